The number of aliphatic hydroxyl groups excluding tert-OH is 2. The number of benzene rings is 2. The first-order valence-electron chi connectivity index (χ1n) is 8.66. The minimum atomic E-state index is -0.681. The summed E-state index contributed by atoms with van der Waals surface area (Å²) >= 11 is 6.13. The first-order chi connectivity index (χ1) is 12.1. The molecule has 1 saturated heterocycles. The summed E-state index contributed by atoms with van der Waals surface area (Å²) in [7, 11) is 0. The molecule has 2 N–H and O–H groups in total. The van der Waals surface area contributed by atoms with Gasteiger partial charge in [-0.3, -0.25) is 0 Å². The van der Waals surface area contributed by atoms with Gasteiger partial charge < -0.3 is 19.8 Å². The topological polar surface area (TPSA) is 52.9 Å². The number of rotatable bonds is 6. The minimum absolute atomic E-state index is 0.218. The molecule has 1 unspecified atom stereocenters. The Bertz CT molecular complexity index is 672. The van der Waals surface area contributed by atoms with E-state index in [0.717, 1.165) is 31.5 Å². The zero-order valence-corrected chi connectivity index (χ0v) is 14.9. The molecule has 4 nitrogen and oxygen atoms in total. The van der Waals surface area contributed by atoms with E-state index < -0.39 is 6.10 Å². The maximum atomic E-state index is 10.7. The minimum Gasteiger partial charge on any atom is -0.489 e. The van der Waals surface area contributed by atoms with Crippen molar-refractivity contribution < 1.29 is 14.9 Å². The van der Waals surface area contributed by atoms with Crippen LogP contribution in [0.4, 0.5) is 0 Å². The molecule has 0 amide bonds. The van der Waals surface area contributed by atoms with Gasteiger partial charge in [0.2, 0.25) is 0 Å². The normalized spacial score (nSPS) is 17.4. The lowest BCUT2D eigenvalue weighted by Crippen LogP contribution is -2.38. The molecule has 1 atom stereocenters. The summed E-state index contributed by atoms with van der Waals surface area (Å²) in [6.45, 7) is 2.53. The number of aliphatic hydroxyl groups is 2. The molecule has 1 aliphatic heterocycles. The maximum absolute atomic E-state index is 10.7. The lowest BCUT2D eigenvalue weighted by atomic mass is 10.0. The fourth-order valence-electron chi connectivity index (χ4n) is 3.09. The molecule has 134 valence electrons. The van der Waals surface area contributed by atoms with Crippen molar-refractivity contribution in [3.63, 3.8) is 0 Å². The number of hydrogen-bond donors (Lipinski definition) is 2. The largest absolute Gasteiger partial charge is 0.489 e. The van der Waals surface area contributed by atoms with Gasteiger partial charge in [0, 0.05) is 30.2 Å². The first kappa shape index (κ1) is 18.2. The Balaban J connectivity index is 1.67. The number of β-amino-alcohol motifs (C(OH)–C–C–N with tert-alkyl or cyclic N) is 1. The van der Waals surface area contributed by atoms with Crippen LogP contribution in [0, 0.1) is 0 Å². The molecule has 0 radical (unpaired) electrons. The summed E-state index contributed by atoms with van der Waals surface area (Å²) in [6, 6.07) is 15.3. The highest BCUT2D eigenvalue weighted by atomic mass is 35.5. The van der Waals surface area contributed by atoms with Gasteiger partial charge >= 0.3 is 0 Å². The van der Waals surface area contributed by atoms with E-state index in [0.29, 0.717) is 29.5 Å². The van der Waals surface area contributed by atoms with Crippen molar-refractivity contribution in [2.45, 2.75) is 31.7 Å². The molecule has 1 fully saturated rings. The average Bonchev–Trinajstić information content (AvgIpc) is 2.63. The van der Waals surface area contributed by atoms with Crippen molar-refractivity contribution in [3.8, 4) is 5.75 Å². The smallest absolute Gasteiger partial charge is 0.125 e. The monoisotopic (exact) mass is 361 g/mol. The number of piperidine rings is 1. The molecule has 0 bridgehead atoms. The summed E-state index contributed by atoms with van der Waals surface area (Å²) in [5, 5.41) is 20.9. The molecule has 0 aromatic heterocycles. The van der Waals surface area contributed by atoms with Crippen molar-refractivity contribution in [3.05, 3.63) is 64.7 Å². The van der Waals surface area contributed by atoms with Crippen LogP contribution in [0.3, 0.4) is 0 Å². The maximum Gasteiger partial charge on any atom is 0.125 e. The van der Waals surface area contributed by atoms with Gasteiger partial charge in [0.05, 0.1) is 12.2 Å². The summed E-state index contributed by atoms with van der Waals surface area (Å²) < 4.78 is 5.93. The van der Waals surface area contributed by atoms with E-state index in [1.165, 1.54) is 0 Å². The number of likely N-dealkylation sites (tertiary alicyclic amines) is 1. The SMILES string of the molecule is OC1CCN(CC(O)c2cc(Cl)ccc2OCc2ccccc2)CC1. The van der Waals surface area contributed by atoms with Crippen LogP contribution in [0.2, 0.25) is 5.02 Å². The summed E-state index contributed by atoms with van der Waals surface area (Å²) in [6.07, 6.45) is 0.600. The Morgan fingerprint density at radius 2 is 1.84 bits per heavy atom. The molecular weight excluding hydrogens is 338 g/mol. The van der Waals surface area contributed by atoms with Crippen LogP contribution in [-0.2, 0) is 6.61 Å². The molecule has 3 rings (SSSR count). The predicted octanol–water partition coefficient (Wildman–Crippen LogP) is 3.41. The van der Waals surface area contributed by atoms with Gasteiger partial charge in [-0.05, 0) is 36.6 Å². The van der Waals surface area contributed by atoms with Crippen LogP contribution in [0.25, 0.3) is 0 Å². The van der Waals surface area contributed by atoms with Crippen molar-refractivity contribution in [1.82, 2.24) is 4.90 Å². The van der Waals surface area contributed by atoms with Crippen molar-refractivity contribution in [2.24, 2.45) is 0 Å². The van der Waals surface area contributed by atoms with Gasteiger partial charge in [-0.1, -0.05) is 41.9 Å². The Morgan fingerprint density at radius 3 is 2.56 bits per heavy atom. The van der Waals surface area contributed by atoms with E-state index in [1.54, 1.807) is 12.1 Å². The van der Waals surface area contributed by atoms with E-state index in [4.69, 9.17) is 16.3 Å². The third-order valence-electron chi connectivity index (χ3n) is 4.56. The van der Waals surface area contributed by atoms with Gasteiger partial charge in [-0.2, -0.15) is 0 Å². The lowest BCUT2D eigenvalue weighted by Gasteiger charge is -2.31. The van der Waals surface area contributed by atoms with E-state index in [9.17, 15) is 10.2 Å². The Labute approximate surface area is 153 Å². The molecule has 0 spiro atoms. The van der Waals surface area contributed by atoms with Gasteiger partial charge in [0.15, 0.2) is 0 Å². The number of nitrogens with zero attached hydrogens (tertiary/aromatic N) is 1. The second-order valence-electron chi connectivity index (χ2n) is 6.50. The molecule has 1 aliphatic rings. The molecule has 0 aliphatic carbocycles. The zero-order chi connectivity index (χ0) is 17.6. The van der Waals surface area contributed by atoms with Crippen LogP contribution in [0.15, 0.2) is 48.5 Å². The van der Waals surface area contributed by atoms with Gasteiger partial charge in [-0.15, -0.1) is 0 Å². The Morgan fingerprint density at radius 1 is 1.12 bits per heavy atom. The first-order valence-corrected chi connectivity index (χ1v) is 9.04. The molecule has 0 saturated carbocycles. The van der Waals surface area contributed by atoms with E-state index in [1.807, 2.05) is 36.4 Å². The van der Waals surface area contributed by atoms with Gasteiger partial charge in [-0.25, -0.2) is 0 Å². The van der Waals surface area contributed by atoms with E-state index in [2.05, 4.69) is 4.90 Å². The average molecular weight is 362 g/mol. The fraction of sp³-hybridized carbons (Fsp3) is 0.400. The Hall–Kier alpha value is -1.59. The second-order valence-corrected chi connectivity index (χ2v) is 6.94. The number of halogens is 1. The molecule has 5 heteroatoms. The van der Waals surface area contributed by atoms with Crippen LogP contribution >= 0.6 is 11.6 Å². The molecular formula is C20H24ClNO3. The third-order valence-corrected chi connectivity index (χ3v) is 4.79. The van der Waals surface area contributed by atoms with Gasteiger partial charge in [0.25, 0.3) is 0 Å². The van der Waals surface area contributed by atoms with E-state index in [-0.39, 0.29) is 6.10 Å². The number of ether oxygens (including phenoxy) is 1. The quantitative estimate of drug-likeness (QED) is 0.827. The highest BCUT2D eigenvalue weighted by Gasteiger charge is 2.22. The summed E-state index contributed by atoms with van der Waals surface area (Å²) in [5.74, 6) is 0.651. The predicted molar refractivity (Wildman–Crippen MR) is 98.9 cm³/mol. The second kappa shape index (κ2) is 8.68. The van der Waals surface area contributed by atoms with Gasteiger partial charge in [0.1, 0.15) is 12.4 Å². The van der Waals surface area contributed by atoms with Crippen molar-refractivity contribution >= 4 is 11.6 Å². The van der Waals surface area contributed by atoms with Crippen molar-refractivity contribution in [1.29, 1.82) is 0 Å². The molecule has 2 aromatic rings. The zero-order valence-electron chi connectivity index (χ0n) is 14.1. The fourth-order valence-corrected chi connectivity index (χ4v) is 3.27. The van der Waals surface area contributed by atoms with Crippen LogP contribution in [0.5, 0.6) is 5.75 Å². The van der Waals surface area contributed by atoms with Crippen molar-refractivity contribution in [2.75, 3.05) is 19.6 Å². The van der Waals surface area contributed by atoms with Crippen LogP contribution in [-0.4, -0.2) is 40.9 Å². The molecule has 2 aromatic carbocycles. The summed E-state index contributed by atoms with van der Waals surface area (Å²) in [4.78, 5) is 2.17. The molecule has 25 heavy (non-hydrogen) atoms. The van der Waals surface area contributed by atoms with Crippen LogP contribution < -0.4 is 4.74 Å². The number of hydrogen-bond acceptors (Lipinski definition) is 4. The van der Waals surface area contributed by atoms with E-state index >= 15 is 0 Å². The summed E-state index contributed by atoms with van der Waals surface area (Å²) in [5.41, 5.74) is 1.78. The lowest BCUT2D eigenvalue weighted by molar-refractivity contribution is 0.0498. The van der Waals surface area contributed by atoms with Crippen LogP contribution in [0.1, 0.15) is 30.1 Å². The standard InChI is InChI=1S/C20H24ClNO3/c21-16-6-7-20(25-14-15-4-2-1-3-5-15)18(12-16)19(24)13-22-10-8-17(23)9-11-22/h1-7,12,17,19,23-24H,8-11,13-14H2. The highest BCUT2D eigenvalue weighted by molar-refractivity contribution is 6.30. The highest BCUT2D eigenvalue weighted by Crippen LogP contribution is 2.30. The molecule has 1 heterocycles. The third kappa shape index (κ3) is 5.19. The Kier molecular flexibility index (Phi) is 6.32.